The smallest absolute Gasteiger partial charge is 0.337 e. The summed E-state index contributed by atoms with van der Waals surface area (Å²) in [6, 6.07) is 11.2. The summed E-state index contributed by atoms with van der Waals surface area (Å²) in [6.07, 6.45) is 3.16. The van der Waals surface area contributed by atoms with E-state index in [-0.39, 0.29) is 34.8 Å². The number of pyridine rings is 1. The molecule has 0 N–H and O–H groups in total. The van der Waals surface area contributed by atoms with Crippen LogP contribution >= 0.6 is 11.6 Å². The van der Waals surface area contributed by atoms with E-state index in [1.54, 1.807) is 48.7 Å². The molecule has 164 valence electrons. The Balaban J connectivity index is 1.61. The van der Waals surface area contributed by atoms with Crippen molar-refractivity contribution in [2.45, 2.75) is 36.8 Å². The van der Waals surface area contributed by atoms with E-state index < -0.39 is 12.0 Å². The van der Waals surface area contributed by atoms with Gasteiger partial charge < -0.3 is 9.47 Å². The maximum absolute atomic E-state index is 13.6. The molecule has 0 saturated heterocycles. The molecule has 2 aromatic rings. The number of rotatable bonds is 3. The Morgan fingerprint density at radius 2 is 1.94 bits per heavy atom. The number of fused-ring (bicyclic) bond motifs is 1. The van der Waals surface area contributed by atoms with E-state index in [9.17, 15) is 14.4 Å². The lowest BCUT2D eigenvalue weighted by Gasteiger charge is -2.37. The molecule has 0 radical (unpaired) electrons. The third kappa shape index (κ3) is 3.28. The van der Waals surface area contributed by atoms with Gasteiger partial charge in [-0.15, -0.1) is 11.6 Å². The van der Waals surface area contributed by atoms with Crippen LogP contribution in [0.1, 0.15) is 41.2 Å². The minimum atomic E-state index is -0.705. The molecular weight excluding hydrogens is 432 g/mol. The largest absolute Gasteiger partial charge is 0.483 e. The second-order valence-corrected chi connectivity index (χ2v) is 8.78. The summed E-state index contributed by atoms with van der Waals surface area (Å²) >= 11 is 6.36. The zero-order valence-electron chi connectivity index (χ0n) is 17.4. The van der Waals surface area contributed by atoms with Gasteiger partial charge in [0.2, 0.25) is 0 Å². The van der Waals surface area contributed by atoms with Crippen LogP contribution in [0.2, 0.25) is 0 Å². The van der Waals surface area contributed by atoms with E-state index in [0.29, 0.717) is 35.4 Å². The fraction of sp³-hybridized carbons (Fsp3) is 0.333. The number of alkyl halides is 1. The maximum atomic E-state index is 13.6. The van der Waals surface area contributed by atoms with E-state index in [1.165, 1.54) is 12.0 Å². The van der Waals surface area contributed by atoms with Crippen molar-refractivity contribution >= 4 is 35.1 Å². The SMILES string of the molecule is COC(=O)c1ccc(C2C3=C(OC4CCC(Cl)CC4C3=O)C(=O)N2c2ccccn2)cc1. The quantitative estimate of drug-likeness (QED) is 0.522. The van der Waals surface area contributed by atoms with Crippen molar-refractivity contribution in [3.63, 3.8) is 0 Å². The molecule has 4 atom stereocenters. The molecule has 0 bridgehead atoms. The van der Waals surface area contributed by atoms with Crippen molar-refractivity contribution in [3.8, 4) is 0 Å². The van der Waals surface area contributed by atoms with Crippen LogP contribution in [-0.2, 0) is 19.1 Å². The highest BCUT2D eigenvalue weighted by Gasteiger charge is 2.53. The number of nitrogens with zero attached hydrogens (tertiary/aromatic N) is 2. The zero-order valence-corrected chi connectivity index (χ0v) is 18.1. The standard InChI is InChI=1S/C24H21ClN2O5/c1-31-24(30)14-7-5-13(6-8-14)20-19-21(28)16-12-15(25)9-10-17(16)32-22(19)23(29)27(20)18-4-2-3-11-26-18/h2-8,11,15-17,20H,9-10,12H2,1H3. The number of hydrogen-bond acceptors (Lipinski definition) is 6. The van der Waals surface area contributed by atoms with Crippen LogP contribution in [0.25, 0.3) is 0 Å². The van der Waals surface area contributed by atoms with Gasteiger partial charge in [-0.1, -0.05) is 18.2 Å². The van der Waals surface area contributed by atoms with Gasteiger partial charge in [-0.2, -0.15) is 0 Å². The maximum Gasteiger partial charge on any atom is 0.337 e. The normalized spacial score (nSPS) is 27.0. The lowest BCUT2D eigenvalue weighted by Crippen LogP contribution is -2.41. The first kappa shape index (κ1) is 20.7. The van der Waals surface area contributed by atoms with Gasteiger partial charge in [0.1, 0.15) is 11.9 Å². The number of carbonyl (C=O) groups excluding carboxylic acids is 3. The molecule has 4 unspecified atom stereocenters. The van der Waals surface area contributed by atoms with Crippen molar-refractivity contribution in [2.75, 3.05) is 12.0 Å². The highest BCUT2D eigenvalue weighted by molar-refractivity contribution is 6.21. The molecule has 7 nitrogen and oxygen atoms in total. The van der Waals surface area contributed by atoms with E-state index in [1.807, 2.05) is 0 Å². The predicted octanol–water partition coefficient (Wildman–Crippen LogP) is 3.59. The molecule has 1 aliphatic carbocycles. The van der Waals surface area contributed by atoms with Crippen LogP contribution in [0.5, 0.6) is 0 Å². The van der Waals surface area contributed by atoms with Gasteiger partial charge in [0.15, 0.2) is 11.5 Å². The fourth-order valence-corrected chi connectivity index (χ4v) is 5.10. The first-order valence-corrected chi connectivity index (χ1v) is 10.9. The molecule has 8 heteroatoms. The van der Waals surface area contributed by atoms with Gasteiger partial charge in [0.25, 0.3) is 5.91 Å². The van der Waals surface area contributed by atoms with Gasteiger partial charge in [0, 0.05) is 11.6 Å². The summed E-state index contributed by atoms with van der Waals surface area (Å²) in [5.41, 5.74) is 1.39. The number of carbonyl (C=O) groups is 3. The summed E-state index contributed by atoms with van der Waals surface area (Å²) in [5.74, 6) is -0.814. The molecule has 1 amide bonds. The molecule has 1 saturated carbocycles. The van der Waals surface area contributed by atoms with Crippen molar-refractivity contribution in [1.82, 2.24) is 4.98 Å². The Labute approximate surface area is 190 Å². The average molecular weight is 453 g/mol. The lowest BCUT2D eigenvalue weighted by atomic mass is 9.77. The van der Waals surface area contributed by atoms with Crippen LogP contribution in [-0.4, -0.2) is 41.2 Å². The number of benzene rings is 1. The van der Waals surface area contributed by atoms with Crippen LogP contribution in [0.15, 0.2) is 60.0 Å². The monoisotopic (exact) mass is 452 g/mol. The summed E-state index contributed by atoms with van der Waals surface area (Å²) in [6.45, 7) is 0. The minimum absolute atomic E-state index is 0.0901. The first-order valence-electron chi connectivity index (χ1n) is 10.5. The highest BCUT2D eigenvalue weighted by Crippen LogP contribution is 2.48. The Morgan fingerprint density at radius 3 is 2.62 bits per heavy atom. The van der Waals surface area contributed by atoms with Gasteiger partial charge in [0.05, 0.1) is 30.2 Å². The fourth-order valence-electron chi connectivity index (χ4n) is 4.78. The van der Waals surface area contributed by atoms with E-state index in [2.05, 4.69) is 4.98 Å². The molecule has 3 heterocycles. The highest BCUT2D eigenvalue weighted by atomic mass is 35.5. The van der Waals surface area contributed by atoms with Gasteiger partial charge in [-0.3, -0.25) is 14.5 Å². The van der Waals surface area contributed by atoms with E-state index >= 15 is 0 Å². The van der Waals surface area contributed by atoms with Crippen LogP contribution in [0.4, 0.5) is 5.82 Å². The number of ether oxygens (including phenoxy) is 2. The Kier molecular flexibility index (Phi) is 5.21. The van der Waals surface area contributed by atoms with E-state index in [4.69, 9.17) is 21.1 Å². The second kappa shape index (κ2) is 8.06. The van der Waals surface area contributed by atoms with Crippen LogP contribution < -0.4 is 4.90 Å². The van der Waals surface area contributed by atoms with Crippen molar-refractivity contribution in [1.29, 1.82) is 0 Å². The number of halogens is 1. The zero-order chi connectivity index (χ0) is 22.4. The lowest BCUT2D eigenvalue weighted by molar-refractivity contribution is -0.131. The number of aromatic nitrogens is 1. The Bertz CT molecular complexity index is 1110. The number of anilines is 1. The number of ketones is 1. The van der Waals surface area contributed by atoms with E-state index in [0.717, 1.165) is 6.42 Å². The summed E-state index contributed by atoms with van der Waals surface area (Å²) in [5, 5.41) is -0.0901. The van der Waals surface area contributed by atoms with Crippen LogP contribution in [0.3, 0.4) is 0 Å². The number of methoxy groups -OCH3 is 1. The molecule has 0 spiro atoms. The second-order valence-electron chi connectivity index (χ2n) is 8.16. The molecule has 1 fully saturated rings. The van der Waals surface area contributed by atoms with Crippen molar-refractivity contribution in [3.05, 3.63) is 71.1 Å². The third-order valence-corrected chi connectivity index (χ3v) is 6.72. The summed E-state index contributed by atoms with van der Waals surface area (Å²) in [4.78, 5) is 44.8. The Hall–Kier alpha value is -3.19. The molecule has 1 aromatic carbocycles. The third-order valence-electron chi connectivity index (χ3n) is 6.33. The Morgan fingerprint density at radius 1 is 1.16 bits per heavy atom. The number of hydrogen-bond donors (Lipinski definition) is 0. The predicted molar refractivity (Wildman–Crippen MR) is 116 cm³/mol. The molecule has 1 aromatic heterocycles. The molecule has 3 aliphatic rings. The summed E-state index contributed by atoms with van der Waals surface area (Å²) < 4.78 is 10.9. The number of Topliss-reactive ketones (excluding diaryl/α,β-unsaturated/α-hetero) is 1. The van der Waals surface area contributed by atoms with Crippen LogP contribution in [0, 0.1) is 5.92 Å². The average Bonchev–Trinajstić information content (AvgIpc) is 3.12. The first-order chi connectivity index (χ1) is 15.5. The topological polar surface area (TPSA) is 85.8 Å². The van der Waals surface area contributed by atoms with Gasteiger partial charge >= 0.3 is 5.97 Å². The number of amides is 1. The van der Waals surface area contributed by atoms with Crippen molar-refractivity contribution in [2.24, 2.45) is 5.92 Å². The van der Waals surface area contributed by atoms with Gasteiger partial charge in [-0.25, -0.2) is 9.78 Å². The number of esters is 1. The molecular formula is C24H21ClN2O5. The van der Waals surface area contributed by atoms with Gasteiger partial charge in [-0.05, 0) is 49.1 Å². The molecule has 32 heavy (non-hydrogen) atoms. The minimum Gasteiger partial charge on any atom is -0.483 e. The molecule has 2 aliphatic heterocycles. The summed E-state index contributed by atoms with van der Waals surface area (Å²) in [7, 11) is 1.31. The molecule has 5 rings (SSSR count). The van der Waals surface area contributed by atoms with Crippen molar-refractivity contribution < 1.29 is 23.9 Å².